The Bertz CT molecular complexity index is 1340. The van der Waals surface area contributed by atoms with Gasteiger partial charge in [0.2, 0.25) is 5.76 Å². The van der Waals surface area contributed by atoms with Crippen LogP contribution in [0.25, 0.3) is 11.0 Å². The Morgan fingerprint density at radius 2 is 1.94 bits per heavy atom. The van der Waals surface area contributed by atoms with Crippen molar-refractivity contribution >= 4 is 44.4 Å². The van der Waals surface area contributed by atoms with Gasteiger partial charge in [-0.05, 0) is 51.8 Å². The van der Waals surface area contributed by atoms with E-state index in [2.05, 4.69) is 20.8 Å². The summed E-state index contributed by atoms with van der Waals surface area (Å²) in [7, 11) is 1.44. The van der Waals surface area contributed by atoms with Gasteiger partial charge in [0.05, 0.1) is 41.8 Å². The average Bonchev–Trinajstić information content (AvgIpc) is 3.12. The van der Waals surface area contributed by atoms with Gasteiger partial charge in [-0.25, -0.2) is 0 Å². The molecule has 1 N–H and O–H groups in total. The molecule has 1 atom stereocenters. The topological polar surface area (TPSA) is 92.5 Å². The van der Waals surface area contributed by atoms with Gasteiger partial charge in [0, 0.05) is 31.2 Å². The van der Waals surface area contributed by atoms with Gasteiger partial charge in [0.15, 0.2) is 16.9 Å². The SMILES string of the molecule is COc1cc(C2c3c(oc4ccc(Cl)cc4c3=O)C(=O)N2CCN2CCOCC2)cc(Br)c1O. The lowest BCUT2D eigenvalue weighted by Gasteiger charge is -2.31. The third-order valence-electron chi connectivity index (χ3n) is 6.27. The minimum absolute atomic E-state index is 0.0231. The predicted molar refractivity (Wildman–Crippen MR) is 130 cm³/mol. The predicted octanol–water partition coefficient (Wildman–Crippen LogP) is 3.80. The van der Waals surface area contributed by atoms with Gasteiger partial charge >= 0.3 is 0 Å². The second-order valence-corrected chi connectivity index (χ2v) is 9.51. The third-order valence-corrected chi connectivity index (χ3v) is 7.11. The number of amides is 1. The molecule has 8 nitrogen and oxygen atoms in total. The molecule has 3 aromatic rings. The average molecular weight is 550 g/mol. The summed E-state index contributed by atoms with van der Waals surface area (Å²) in [5.41, 5.74) is 0.861. The normalized spacial score (nSPS) is 18.5. The number of carbonyl (C=O) groups is 1. The van der Waals surface area contributed by atoms with E-state index >= 15 is 0 Å². The molecule has 178 valence electrons. The smallest absolute Gasteiger partial charge is 0.290 e. The number of aromatic hydroxyl groups is 1. The number of carbonyl (C=O) groups excluding carboxylic acids is 1. The van der Waals surface area contributed by atoms with Crippen LogP contribution in [0, 0.1) is 0 Å². The molecule has 0 bridgehead atoms. The summed E-state index contributed by atoms with van der Waals surface area (Å²) in [5.74, 6) is -0.167. The van der Waals surface area contributed by atoms with Crippen molar-refractivity contribution in [3.05, 3.63) is 66.9 Å². The number of benzene rings is 2. The van der Waals surface area contributed by atoms with Crippen molar-refractivity contribution < 1.29 is 23.8 Å². The molecule has 1 fully saturated rings. The summed E-state index contributed by atoms with van der Waals surface area (Å²) >= 11 is 9.50. The number of hydrogen-bond donors (Lipinski definition) is 1. The molecule has 0 saturated carbocycles. The van der Waals surface area contributed by atoms with Gasteiger partial charge < -0.3 is 23.9 Å². The molecule has 1 aromatic heterocycles. The monoisotopic (exact) mass is 548 g/mol. The van der Waals surface area contributed by atoms with Gasteiger partial charge in [-0.15, -0.1) is 0 Å². The third kappa shape index (κ3) is 3.96. The summed E-state index contributed by atoms with van der Waals surface area (Å²) in [6, 6.07) is 7.37. The lowest BCUT2D eigenvalue weighted by Crippen LogP contribution is -2.42. The van der Waals surface area contributed by atoms with Gasteiger partial charge in [-0.2, -0.15) is 0 Å². The van der Waals surface area contributed by atoms with Crippen LogP contribution in [0.1, 0.15) is 27.7 Å². The first kappa shape index (κ1) is 23.2. The standard InChI is InChI=1S/C24H22BrClN2O6/c1-32-18-11-13(10-16(25)22(18)30)20-19-21(29)15-12-14(26)2-3-17(15)34-23(19)24(31)28(20)5-4-27-6-8-33-9-7-27/h2-3,10-12,20,30H,4-9H2,1H3. The Morgan fingerprint density at radius 1 is 1.18 bits per heavy atom. The Labute approximate surface area is 208 Å². The van der Waals surface area contributed by atoms with Crippen LogP contribution in [0.3, 0.4) is 0 Å². The molecule has 2 aliphatic rings. The van der Waals surface area contributed by atoms with Crippen molar-refractivity contribution in [2.75, 3.05) is 46.5 Å². The highest BCUT2D eigenvalue weighted by Gasteiger charge is 2.43. The highest BCUT2D eigenvalue weighted by molar-refractivity contribution is 9.10. The minimum Gasteiger partial charge on any atom is -0.503 e. The van der Waals surface area contributed by atoms with E-state index in [1.807, 2.05) is 0 Å². The van der Waals surface area contributed by atoms with Crippen LogP contribution in [-0.4, -0.2) is 67.3 Å². The number of morpholine rings is 1. The fraction of sp³-hybridized carbons (Fsp3) is 0.333. The van der Waals surface area contributed by atoms with E-state index < -0.39 is 6.04 Å². The zero-order valence-electron chi connectivity index (χ0n) is 18.3. The van der Waals surface area contributed by atoms with Gasteiger partial charge in [-0.3, -0.25) is 14.5 Å². The molecule has 10 heteroatoms. The number of methoxy groups -OCH3 is 1. The van der Waals surface area contributed by atoms with E-state index in [0.29, 0.717) is 52.3 Å². The molecular formula is C24H22BrClN2O6. The molecule has 5 rings (SSSR count). The zero-order valence-corrected chi connectivity index (χ0v) is 20.7. The number of phenols is 1. The molecule has 34 heavy (non-hydrogen) atoms. The number of rotatable bonds is 5. The fourth-order valence-electron chi connectivity index (χ4n) is 4.55. The van der Waals surface area contributed by atoms with E-state index in [1.165, 1.54) is 7.11 Å². The molecule has 2 aromatic carbocycles. The highest BCUT2D eigenvalue weighted by atomic mass is 79.9. The van der Waals surface area contributed by atoms with E-state index in [1.54, 1.807) is 35.2 Å². The Kier molecular flexibility index (Phi) is 6.28. The molecule has 3 heterocycles. The quantitative estimate of drug-likeness (QED) is 0.518. The van der Waals surface area contributed by atoms with Gasteiger partial charge in [-0.1, -0.05) is 11.6 Å². The summed E-state index contributed by atoms with van der Waals surface area (Å²) in [6.45, 7) is 3.84. The number of phenolic OH excluding ortho intramolecular Hbond substituents is 1. The maximum Gasteiger partial charge on any atom is 0.290 e. The number of nitrogens with zero attached hydrogens (tertiary/aromatic N) is 2. The summed E-state index contributed by atoms with van der Waals surface area (Å²) in [5, 5.41) is 11.0. The van der Waals surface area contributed by atoms with Crippen molar-refractivity contribution in [3.63, 3.8) is 0 Å². The summed E-state index contributed by atoms with van der Waals surface area (Å²) in [4.78, 5) is 31.1. The van der Waals surface area contributed by atoms with Gasteiger partial charge in [0.1, 0.15) is 5.58 Å². The van der Waals surface area contributed by atoms with Crippen LogP contribution >= 0.6 is 27.5 Å². The fourth-order valence-corrected chi connectivity index (χ4v) is 5.18. The van der Waals surface area contributed by atoms with Crippen molar-refractivity contribution in [2.45, 2.75) is 6.04 Å². The lowest BCUT2D eigenvalue weighted by molar-refractivity contribution is 0.0314. The van der Waals surface area contributed by atoms with Gasteiger partial charge in [0.25, 0.3) is 5.91 Å². The molecule has 1 unspecified atom stereocenters. The minimum atomic E-state index is -0.714. The molecule has 2 aliphatic heterocycles. The van der Waals surface area contributed by atoms with E-state index in [9.17, 15) is 14.7 Å². The first-order valence-electron chi connectivity index (χ1n) is 10.8. The summed E-state index contributed by atoms with van der Waals surface area (Å²) in [6.07, 6.45) is 0. The molecule has 0 aliphatic carbocycles. The number of ether oxygens (including phenoxy) is 2. The molecule has 1 amide bonds. The van der Waals surface area contributed by atoms with E-state index in [0.717, 1.165) is 13.1 Å². The first-order chi connectivity index (χ1) is 16.4. The Balaban J connectivity index is 1.65. The largest absolute Gasteiger partial charge is 0.503 e. The van der Waals surface area contributed by atoms with Crippen LogP contribution in [0.5, 0.6) is 11.5 Å². The highest BCUT2D eigenvalue weighted by Crippen LogP contribution is 2.43. The van der Waals surface area contributed by atoms with Crippen LogP contribution in [-0.2, 0) is 4.74 Å². The number of hydrogen-bond acceptors (Lipinski definition) is 7. The molecule has 0 radical (unpaired) electrons. The van der Waals surface area contributed by atoms with Crippen molar-refractivity contribution in [2.24, 2.45) is 0 Å². The van der Waals surface area contributed by atoms with E-state index in [4.69, 9.17) is 25.5 Å². The number of fused-ring (bicyclic) bond motifs is 2. The van der Waals surface area contributed by atoms with E-state index in [-0.39, 0.29) is 34.2 Å². The molecular weight excluding hydrogens is 528 g/mol. The Hall–Kier alpha value is -2.59. The molecule has 1 saturated heterocycles. The lowest BCUT2D eigenvalue weighted by atomic mass is 9.98. The first-order valence-corrected chi connectivity index (χ1v) is 12.0. The van der Waals surface area contributed by atoms with Crippen molar-refractivity contribution in [1.82, 2.24) is 9.80 Å². The maximum absolute atomic E-state index is 13.6. The Morgan fingerprint density at radius 3 is 2.68 bits per heavy atom. The van der Waals surface area contributed by atoms with Crippen molar-refractivity contribution in [3.8, 4) is 11.5 Å². The van der Waals surface area contributed by atoms with Crippen LogP contribution in [0.4, 0.5) is 0 Å². The second-order valence-electron chi connectivity index (χ2n) is 8.22. The number of halogens is 2. The van der Waals surface area contributed by atoms with Crippen LogP contribution in [0.2, 0.25) is 5.02 Å². The zero-order chi connectivity index (χ0) is 24.0. The van der Waals surface area contributed by atoms with Crippen LogP contribution < -0.4 is 10.2 Å². The van der Waals surface area contributed by atoms with Crippen molar-refractivity contribution in [1.29, 1.82) is 0 Å². The second kappa shape index (κ2) is 9.22. The summed E-state index contributed by atoms with van der Waals surface area (Å²) < 4.78 is 17.1. The molecule has 0 spiro atoms. The van der Waals surface area contributed by atoms with Crippen LogP contribution in [0.15, 0.2) is 44.0 Å². The maximum atomic E-state index is 13.6.